The number of benzene rings is 2. The van der Waals surface area contributed by atoms with E-state index in [4.69, 9.17) is 16.3 Å². The lowest BCUT2D eigenvalue weighted by Crippen LogP contribution is -2.48. The van der Waals surface area contributed by atoms with Crippen molar-refractivity contribution in [3.63, 3.8) is 0 Å². The van der Waals surface area contributed by atoms with Crippen molar-refractivity contribution in [2.45, 2.75) is 30.2 Å². The maximum Gasteiger partial charge on any atom is 0.241 e. The van der Waals surface area contributed by atoms with E-state index in [0.717, 1.165) is 18.4 Å². The summed E-state index contributed by atoms with van der Waals surface area (Å²) in [5.74, 6) is 0.180. The highest BCUT2D eigenvalue weighted by molar-refractivity contribution is 7.89. The van der Waals surface area contributed by atoms with Crippen LogP contribution < -0.4 is 9.46 Å². The maximum atomic E-state index is 13.0. The molecule has 1 fully saturated rings. The Kier molecular flexibility index (Phi) is 6.59. The Bertz CT molecular complexity index is 928. The minimum Gasteiger partial charge on any atom is -0.495 e. The number of methoxy groups -OCH3 is 1. The lowest BCUT2D eigenvalue weighted by Gasteiger charge is -2.24. The highest BCUT2D eigenvalue weighted by atomic mass is 35.5. The number of amides is 1. The number of nitrogens with zero attached hydrogens (tertiary/aromatic N) is 1. The number of ether oxygens (including phenoxy) is 1. The Morgan fingerprint density at radius 1 is 1.18 bits per heavy atom. The molecule has 1 aliphatic rings. The van der Waals surface area contributed by atoms with Gasteiger partial charge >= 0.3 is 0 Å². The average molecular weight is 423 g/mol. The standard InChI is InChI=1S/C20H23ClN2O4S/c1-27-19-10-9-16(14-17(19)21)28(25,26)22-18(13-15-7-3-2-4-8-15)20(24)23-11-5-6-12-23/h2-4,7-10,14,18,22H,5-6,11-13H2,1H3/t18-/m0/s1. The van der Waals surface area contributed by atoms with E-state index in [2.05, 4.69) is 4.72 Å². The SMILES string of the molecule is COc1ccc(S(=O)(=O)N[C@@H](Cc2ccccc2)C(=O)N2CCCC2)cc1Cl. The third-order valence-corrected chi connectivity index (χ3v) is 6.49. The summed E-state index contributed by atoms with van der Waals surface area (Å²) in [6.07, 6.45) is 2.15. The summed E-state index contributed by atoms with van der Waals surface area (Å²) in [4.78, 5) is 14.7. The van der Waals surface area contributed by atoms with Gasteiger partial charge in [0.2, 0.25) is 15.9 Å². The molecule has 1 amide bonds. The van der Waals surface area contributed by atoms with Crippen LogP contribution in [0.3, 0.4) is 0 Å². The summed E-state index contributed by atoms with van der Waals surface area (Å²) in [5, 5.41) is 0.191. The smallest absolute Gasteiger partial charge is 0.241 e. The number of carbonyl (C=O) groups excluding carboxylic acids is 1. The van der Waals surface area contributed by atoms with Crippen molar-refractivity contribution < 1.29 is 17.9 Å². The average Bonchev–Trinajstić information content (AvgIpc) is 3.22. The monoisotopic (exact) mass is 422 g/mol. The predicted octanol–water partition coefficient (Wildman–Crippen LogP) is 2.86. The first-order valence-electron chi connectivity index (χ1n) is 9.09. The Labute approximate surface area is 170 Å². The molecule has 6 nitrogen and oxygen atoms in total. The molecule has 1 aliphatic heterocycles. The first-order chi connectivity index (χ1) is 13.4. The highest BCUT2D eigenvalue weighted by Gasteiger charge is 2.31. The fraction of sp³-hybridized carbons (Fsp3) is 0.350. The van der Waals surface area contributed by atoms with Crippen molar-refractivity contribution in [3.8, 4) is 5.75 Å². The number of likely N-dealkylation sites (tertiary alicyclic amines) is 1. The van der Waals surface area contributed by atoms with Crippen LogP contribution >= 0.6 is 11.6 Å². The number of halogens is 1. The lowest BCUT2D eigenvalue weighted by molar-refractivity contribution is -0.131. The Morgan fingerprint density at radius 3 is 2.46 bits per heavy atom. The molecule has 2 aromatic rings. The molecule has 1 saturated heterocycles. The van der Waals surface area contributed by atoms with Crippen molar-refractivity contribution in [2.24, 2.45) is 0 Å². The largest absolute Gasteiger partial charge is 0.495 e. The molecule has 2 aromatic carbocycles. The molecule has 0 saturated carbocycles. The second kappa shape index (κ2) is 8.94. The van der Waals surface area contributed by atoms with E-state index in [-0.39, 0.29) is 22.2 Å². The van der Waals surface area contributed by atoms with Crippen LogP contribution in [-0.4, -0.2) is 45.5 Å². The normalized spacial score (nSPS) is 15.4. The van der Waals surface area contributed by atoms with E-state index in [9.17, 15) is 13.2 Å². The van der Waals surface area contributed by atoms with Gasteiger partial charge in [-0.05, 0) is 43.0 Å². The summed E-state index contributed by atoms with van der Waals surface area (Å²) in [5.41, 5.74) is 0.885. The summed E-state index contributed by atoms with van der Waals surface area (Å²) in [6, 6.07) is 12.7. The van der Waals surface area contributed by atoms with Crippen molar-refractivity contribution in [2.75, 3.05) is 20.2 Å². The van der Waals surface area contributed by atoms with Gasteiger partial charge in [0.1, 0.15) is 11.8 Å². The van der Waals surface area contributed by atoms with Crippen LogP contribution in [0.1, 0.15) is 18.4 Å². The fourth-order valence-corrected chi connectivity index (χ4v) is 4.79. The lowest BCUT2D eigenvalue weighted by atomic mass is 10.1. The summed E-state index contributed by atoms with van der Waals surface area (Å²) in [6.45, 7) is 1.31. The van der Waals surface area contributed by atoms with Crippen LogP contribution in [-0.2, 0) is 21.2 Å². The quantitative estimate of drug-likeness (QED) is 0.744. The number of nitrogens with one attached hydrogen (secondary N) is 1. The summed E-state index contributed by atoms with van der Waals surface area (Å²) in [7, 11) is -2.48. The number of hydrogen-bond acceptors (Lipinski definition) is 4. The molecule has 0 aromatic heterocycles. The van der Waals surface area contributed by atoms with Gasteiger partial charge < -0.3 is 9.64 Å². The molecule has 150 valence electrons. The van der Waals surface area contributed by atoms with Crippen molar-refractivity contribution >= 4 is 27.5 Å². The van der Waals surface area contributed by atoms with Crippen LogP contribution in [0.25, 0.3) is 0 Å². The van der Waals surface area contributed by atoms with Gasteiger partial charge in [0.25, 0.3) is 0 Å². The molecule has 3 rings (SSSR count). The fourth-order valence-electron chi connectivity index (χ4n) is 3.26. The van der Waals surface area contributed by atoms with E-state index in [1.165, 1.54) is 25.3 Å². The molecule has 8 heteroatoms. The van der Waals surface area contributed by atoms with E-state index in [0.29, 0.717) is 18.8 Å². The molecular weight excluding hydrogens is 400 g/mol. The first-order valence-corrected chi connectivity index (χ1v) is 11.0. The topological polar surface area (TPSA) is 75.7 Å². The predicted molar refractivity (Wildman–Crippen MR) is 108 cm³/mol. The highest BCUT2D eigenvalue weighted by Crippen LogP contribution is 2.27. The summed E-state index contributed by atoms with van der Waals surface area (Å²) >= 11 is 6.08. The molecule has 1 atom stereocenters. The van der Waals surface area contributed by atoms with E-state index < -0.39 is 16.1 Å². The van der Waals surface area contributed by atoms with Crippen molar-refractivity contribution in [1.82, 2.24) is 9.62 Å². The Balaban J connectivity index is 1.86. The number of sulfonamides is 1. The first kappa shape index (κ1) is 20.6. The summed E-state index contributed by atoms with van der Waals surface area (Å²) < 4.78 is 33.5. The van der Waals surface area contributed by atoms with Gasteiger partial charge in [-0.1, -0.05) is 41.9 Å². The van der Waals surface area contributed by atoms with Crippen LogP contribution in [0.15, 0.2) is 53.4 Å². The van der Waals surface area contributed by atoms with Gasteiger partial charge in [-0.2, -0.15) is 4.72 Å². The molecule has 0 unspecified atom stereocenters. The maximum absolute atomic E-state index is 13.0. The number of hydrogen-bond donors (Lipinski definition) is 1. The Hall–Kier alpha value is -2.09. The van der Waals surface area contributed by atoms with Crippen molar-refractivity contribution in [1.29, 1.82) is 0 Å². The molecule has 1 N–H and O–H groups in total. The van der Waals surface area contributed by atoms with Gasteiger partial charge in [0, 0.05) is 13.1 Å². The third-order valence-electron chi connectivity index (χ3n) is 4.73. The second-order valence-electron chi connectivity index (χ2n) is 6.69. The minimum absolute atomic E-state index is 0.00872. The van der Waals surface area contributed by atoms with Crippen LogP contribution in [0.4, 0.5) is 0 Å². The van der Waals surface area contributed by atoms with Gasteiger partial charge in [0.05, 0.1) is 17.0 Å². The molecule has 0 spiro atoms. The molecular formula is C20H23ClN2O4S. The second-order valence-corrected chi connectivity index (χ2v) is 8.81. The number of rotatable bonds is 7. The molecule has 28 heavy (non-hydrogen) atoms. The molecule has 1 heterocycles. The zero-order valence-electron chi connectivity index (χ0n) is 15.6. The van der Waals surface area contributed by atoms with Crippen LogP contribution in [0.5, 0.6) is 5.75 Å². The van der Waals surface area contributed by atoms with E-state index in [1.54, 1.807) is 4.90 Å². The van der Waals surface area contributed by atoms with Gasteiger partial charge in [-0.25, -0.2) is 8.42 Å². The van der Waals surface area contributed by atoms with Crippen LogP contribution in [0, 0.1) is 0 Å². The third kappa shape index (κ3) is 4.84. The number of carbonyl (C=O) groups is 1. The minimum atomic E-state index is -3.94. The molecule has 0 aliphatic carbocycles. The molecule has 0 bridgehead atoms. The van der Waals surface area contributed by atoms with Crippen molar-refractivity contribution in [3.05, 3.63) is 59.1 Å². The Morgan fingerprint density at radius 2 is 1.86 bits per heavy atom. The van der Waals surface area contributed by atoms with Gasteiger partial charge in [-0.15, -0.1) is 0 Å². The van der Waals surface area contributed by atoms with Gasteiger partial charge in [0.15, 0.2) is 0 Å². The molecule has 0 radical (unpaired) electrons. The van der Waals surface area contributed by atoms with E-state index in [1.807, 2.05) is 30.3 Å². The van der Waals surface area contributed by atoms with Gasteiger partial charge in [-0.3, -0.25) is 4.79 Å². The zero-order valence-corrected chi connectivity index (χ0v) is 17.2. The van der Waals surface area contributed by atoms with E-state index >= 15 is 0 Å². The van der Waals surface area contributed by atoms with Crippen LogP contribution in [0.2, 0.25) is 5.02 Å². The zero-order chi connectivity index (χ0) is 20.1.